The zero-order valence-corrected chi connectivity index (χ0v) is 15.3. The summed E-state index contributed by atoms with van der Waals surface area (Å²) in [6.07, 6.45) is 0. The minimum absolute atomic E-state index is 0.0187. The molecule has 0 unspecified atom stereocenters. The van der Waals surface area contributed by atoms with E-state index in [0.29, 0.717) is 12.2 Å². The quantitative estimate of drug-likeness (QED) is 0.368. The Bertz CT molecular complexity index is 996. The Morgan fingerprint density at radius 2 is 2.04 bits per heavy atom. The fourth-order valence-electron chi connectivity index (χ4n) is 2.62. The first-order chi connectivity index (χ1) is 12.4. The summed E-state index contributed by atoms with van der Waals surface area (Å²) in [6, 6.07) is 14.3. The molecule has 0 atom stereocenters. The second-order valence-corrected chi connectivity index (χ2v) is 6.41. The zero-order chi connectivity index (χ0) is 18.7. The van der Waals surface area contributed by atoms with Crippen LogP contribution in [0.2, 0.25) is 0 Å². The van der Waals surface area contributed by atoms with Crippen LogP contribution in [0.1, 0.15) is 11.1 Å². The minimum Gasteiger partial charge on any atom is -0.409 e. The molecule has 0 fully saturated rings. The van der Waals surface area contributed by atoms with Gasteiger partial charge in [0.15, 0.2) is 0 Å². The molecule has 8 heteroatoms. The predicted octanol–water partition coefficient (Wildman–Crippen LogP) is 4.18. The third-order valence-electron chi connectivity index (χ3n) is 3.99. The highest BCUT2D eigenvalue weighted by Gasteiger charge is 2.13. The van der Waals surface area contributed by atoms with Crippen LogP contribution in [0.25, 0.3) is 11.5 Å². The van der Waals surface area contributed by atoms with Crippen LogP contribution >= 0.6 is 12.2 Å². The fourth-order valence-corrected chi connectivity index (χ4v) is 2.80. The van der Waals surface area contributed by atoms with Gasteiger partial charge in [-0.3, -0.25) is 15.0 Å². The number of nitro benzene ring substituents is 1. The number of aryl methyl sites for hydroxylation is 1. The summed E-state index contributed by atoms with van der Waals surface area (Å²) < 4.78 is 7.10. The summed E-state index contributed by atoms with van der Waals surface area (Å²) in [5.74, 6) is 0.267. The number of non-ortho nitro benzene ring substituents is 1. The molecule has 0 amide bonds. The molecule has 134 valence electrons. The van der Waals surface area contributed by atoms with Gasteiger partial charge in [-0.15, -0.1) is 5.10 Å². The van der Waals surface area contributed by atoms with Gasteiger partial charge in [0.1, 0.15) is 0 Å². The molecule has 1 aromatic heterocycles. The lowest BCUT2D eigenvalue weighted by Crippen LogP contribution is -2.22. The van der Waals surface area contributed by atoms with Gasteiger partial charge in [-0.25, -0.2) is 4.68 Å². The van der Waals surface area contributed by atoms with Crippen LogP contribution in [0.4, 0.5) is 5.69 Å². The van der Waals surface area contributed by atoms with Crippen molar-refractivity contribution >= 4 is 17.9 Å². The van der Waals surface area contributed by atoms with Gasteiger partial charge in [0.2, 0.25) is 5.89 Å². The summed E-state index contributed by atoms with van der Waals surface area (Å²) in [5.41, 5.74) is 2.95. The van der Waals surface area contributed by atoms with Crippen LogP contribution in [-0.4, -0.2) is 26.7 Å². The van der Waals surface area contributed by atoms with E-state index in [1.54, 1.807) is 16.8 Å². The van der Waals surface area contributed by atoms with Gasteiger partial charge in [0.25, 0.3) is 10.5 Å². The Kier molecular flexibility index (Phi) is 5.24. The van der Waals surface area contributed by atoms with Gasteiger partial charge in [-0.1, -0.05) is 30.3 Å². The van der Waals surface area contributed by atoms with Crippen LogP contribution in [0.5, 0.6) is 0 Å². The molecule has 0 aliphatic rings. The van der Waals surface area contributed by atoms with Gasteiger partial charge in [-0.2, -0.15) is 0 Å². The van der Waals surface area contributed by atoms with E-state index < -0.39 is 4.92 Å². The number of aromatic nitrogens is 2. The molecule has 0 aliphatic heterocycles. The second kappa shape index (κ2) is 7.59. The van der Waals surface area contributed by atoms with Gasteiger partial charge in [0, 0.05) is 24.2 Å². The summed E-state index contributed by atoms with van der Waals surface area (Å²) in [5, 5.41) is 15.3. The van der Waals surface area contributed by atoms with E-state index in [2.05, 4.69) is 29.1 Å². The zero-order valence-electron chi connectivity index (χ0n) is 14.5. The van der Waals surface area contributed by atoms with E-state index >= 15 is 0 Å². The topological polar surface area (TPSA) is 77.3 Å². The highest BCUT2D eigenvalue weighted by molar-refractivity contribution is 7.71. The van der Waals surface area contributed by atoms with Crippen molar-refractivity contribution in [1.29, 1.82) is 0 Å². The Morgan fingerprint density at radius 1 is 1.27 bits per heavy atom. The number of hydrogen-bond donors (Lipinski definition) is 0. The van der Waals surface area contributed by atoms with Crippen LogP contribution in [0.15, 0.2) is 52.9 Å². The summed E-state index contributed by atoms with van der Waals surface area (Å²) >= 11 is 5.24. The fraction of sp³-hybridized carbons (Fsp3) is 0.222. The molecule has 0 saturated heterocycles. The molecule has 0 aliphatic carbocycles. The molecule has 0 spiro atoms. The molecule has 0 saturated carbocycles. The van der Waals surface area contributed by atoms with Crippen molar-refractivity contribution in [2.24, 2.45) is 0 Å². The van der Waals surface area contributed by atoms with Crippen LogP contribution in [0.3, 0.4) is 0 Å². The maximum absolute atomic E-state index is 10.9. The van der Waals surface area contributed by atoms with E-state index in [0.717, 1.165) is 6.54 Å². The summed E-state index contributed by atoms with van der Waals surface area (Å²) in [6.45, 7) is 3.27. The maximum atomic E-state index is 10.9. The lowest BCUT2D eigenvalue weighted by Gasteiger charge is -2.17. The monoisotopic (exact) mass is 370 g/mol. The van der Waals surface area contributed by atoms with E-state index in [-0.39, 0.29) is 16.4 Å². The molecular formula is C18H18N4O3S. The highest BCUT2D eigenvalue weighted by atomic mass is 32.1. The summed E-state index contributed by atoms with van der Waals surface area (Å²) in [7, 11) is 1.97. The second-order valence-electron chi connectivity index (χ2n) is 6.06. The Morgan fingerprint density at radius 3 is 2.77 bits per heavy atom. The minimum atomic E-state index is -0.453. The van der Waals surface area contributed by atoms with Gasteiger partial charge >= 0.3 is 0 Å². The molecule has 2 aromatic carbocycles. The first-order valence-electron chi connectivity index (χ1n) is 8.00. The Hall–Kier alpha value is -2.84. The first kappa shape index (κ1) is 18.0. The van der Waals surface area contributed by atoms with Crippen molar-refractivity contribution in [2.75, 3.05) is 7.05 Å². The molecule has 0 radical (unpaired) electrons. The van der Waals surface area contributed by atoms with E-state index in [1.165, 1.54) is 23.3 Å². The number of benzene rings is 2. The molecule has 7 nitrogen and oxygen atoms in total. The standard InChI is InChI=1S/C18H18N4O3S/c1-13-6-3-4-7-15(13)11-20(2)12-21-18(26)25-17(19-21)14-8-5-9-16(10-14)22(23)24/h3-10H,11-12H2,1-2H3. The Labute approximate surface area is 155 Å². The van der Waals surface area contributed by atoms with Crippen molar-refractivity contribution in [1.82, 2.24) is 14.7 Å². The van der Waals surface area contributed by atoms with Gasteiger partial charge < -0.3 is 4.42 Å². The third kappa shape index (κ3) is 4.04. The van der Waals surface area contributed by atoms with Gasteiger partial charge in [-0.05, 0) is 43.4 Å². The van der Waals surface area contributed by atoms with Crippen molar-refractivity contribution in [3.63, 3.8) is 0 Å². The number of rotatable bonds is 6. The van der Waals surface area contributed by atoms with Crippen molar-refractivity contribution in [3.8, 4) is 11.5 Å². The molecule has 0 bridgehead atoms. The molecule has 26 heavy (non-hydrogen) atoms. The third-order valence-corrected chi connectivity index (χ3v) is 4.28. The maximum Gasteiger partial charge on any atom is 0.288 e. The largest absolute Gasteiger partial charge is 0.409 e. The van der Waals surface area contributed by atoms with E-state index in [9.17, 15) is 10.1 Å². The number of nitrogens with zero attached hydrogens (tertiary/aromatic N) is 4. The average Bonchev–Trinajstić information content (AvgIpc) is 2.98. The van der Waals surface area contributed by atoms with E-state index in [4.69, 9.17) is 16.6 Å². The molecular weight excluding hydrogens is 352 g/mol. The molecule has 3 aromatic rings. The number of hydrogen-bond acceptors (Lipinski definition) is 6. The van der Waals surface area contributed by atoms with Crippen LogP contribution in [0, 0.1) is 21.9 Å². The molecule has 3 rings (SSSR count). The Balaban J connectivity index is 1.78. The van der Waals surface area contributed by atoms with Crippen LogP contribution < -0.4 is 0 Å². The number of nitro groups is 1. The SMILES string of the molecule is Cc1ccccc1CN(C)Cn1nc(-c2cccc([N+](=O)[O-])c2)oc1=S. The van der Waals surface area contributed by atoms with E-state index in [1.807, 2.05) is 19.2 Å². The molecule has 0 N–H and O–H groups in total. The summed E-state index contributed by atoms with van der Waals surface area (Å²) in [4.78, 5) is 12.8. The normalized spacial score (nSPS) is 11.0. The van der Waals surface area contributed by atoms with Crippen molar-refractivity contribution in [3.05, 3.63) is 74.6 Å². The lowest BCUT2D eigenvalue weighted by molar-refractivity contribution is -0.384. The van der Waals surface area contributed by atoms with Crippen molar-refractivity contribution in [2.45, 2.75) is 20.1 Å². The first-order valence-corrected chi connectivity index (χ1v) is 8.40. The average molecular weight is 370 g/mol. The van der Waals surface area contributed by atoms with Crippen molar-refractivity contribution < 1.29 is 9.34 Å². The highest BCUT2D eigenvalue weighted by Crippen LogP contribution is 2.23. The molecule has 1 heterocycles. The predicted molar refractivity (Wildman–Crippen MR) is 100 cm³/mol. The van der Waals surface area contributed by atoms with Crippen LogP contribution in [-0.2, 0) is 13.2 Å². The lowest BCUT2D eigenvalue weighted by atomic mass is 10.1. The van der Waals surface area contributed by atoms with Gasteiger partial charge in [0.05, 0.1) is 11.6 Å². The smallest absolute Gasteiger partial charge is 0.288 e.